The average Bonchev–Trinajstić information content (AvgIpc) is 3.21. The van der Waals surface area contributed by atoms with Crippen LogP contribution in [0.25, 0.3) is 0 Å². The molecule has 3 saturated carbocycles. The first-order valence-electron chi connectivity index (χ1n) is 14.9. The van der Waals surface area contributed by atoms with Gasteiger partial charge in [-0.2, -0.15) is 0 Å². The zero-order valence-electron chi connectivity index (χ0n) is 23.8. The number of ether oxygens (including phenoxy) is 1. The van der Waals surface area contributed by atoms with Crippen LogP contribution in [0.2, 0.25) is 0 Å². The number of hydrogen-bond acceptors (Lipinski definition) is 4. The predicted octanol–water partition coefficient (Wildman–Crippen LogP) is 6.89. The van der Waals surface area contributed by atoms with Crippen LogP contribution in [-0.4, -0.2) is 45.8 Å². The smallest absolute Gasteiger partial charge is 0.0811 e. The molecular weight excluding hydrogens is 448 g/mol. The Morgan fingerprint density at radius 1 is 1.17 bits per heavy atom. The Bertz CT molecular complexity index is 794. The monoisotopic (exact) mass is 502 g/mol. The Morgan fingerprint density at radius 2 is 1.89 bits per heavy atom. The van der Waals surface area contributed by atoms with Crippen LogP contribution in [0.1, 0.15) is 112 Å². The molecule has 0 amide bonds. The van der Waals surface area contributed by atoms with Gasteiger partial charge < -0.3 is 20.1 Å². The maximum atomic E-state index is 10.8. The Morgan fingerprint density at radius 3 is 2.56 bits per heavy atom. The molecule has 4 nitrogen and oxygen atoms in total. The van der Waals surface area contributed by atoms with Crippen molar-refractivity contribution < 1.29 is 20.1 Å². The van der Waals surface area contributed by atoms with Gasteiger partial charge in [0, 0.05) is 13.0 Å². The van der Waals surface area contributed by atoms with Gasteiger partial charge >= 0.3 is 0 Å². The SMILES string of the molecule is C=C1/C(=C\C=C2/CCC[C@]3(C)[C@@H]([C@@H](C)C(CCCC(O)(CC)CC)OCC)CC[C@@H]23)C[C@@H](O)C[C@@H]1O. The Hall–Kier alpha value is -0.940. The third kappa shape index (κ3) is 6.54. The van der Waals surface area contributed by atoms with Crippen LogP contribution >= 0.6 is 0 Å². The molecule has 0 bridgehead atoms. The van der Waals surface area contributed by atoms with Gasteiger partial charge in [-0.3, -0.25) is 0 Å². The molecule has 3 N–H and O–H groups in total. The minimum Gasteiger partial charge on any atom is -0.393 e. The molecule has 3 aliphatic carbocycles. The maximum Gasteiger partial charge on any atom is 0.0811 e. The minimum atomic E-state index is -0.632. The molecule has 3 aliphatic rings. The number of aliphatic hydroxyl groups is 3. The first-order chi connectivity index (χ1) is 17.1. The van der Waals surface area contributed by atoms with Crippen LogP contribution in [0, 0.1) is 23.2 Å². The van der Waals surface area contributed by atoms with Gasteiger partial charge in [0.1, 0.15) is 0 Å². The highest BCUT2D eigenvalue weighted by Gasteiger charge is 2.51. The minimum absolute atomic E-state index is 0.249. The van der Waals surface area contributed by atoms with Gasteiger partial charge in [0.25, 0.3) is 0 Å². The van der Waals surface area contributed by atoms with E-state index in [2.05, 4.69) is 53.3 Å². The van der Waals surface area contributed by atoms with Crippen molar-refractivity contribution in [1.29, 1.82) is 0 Å². The second-order valence-electron chi connectivity index (χ2n) is 12.3. The maximum absolute atomic E-state index is 10.8. The van der Waals surface area contributed by atoms with Crippen LogP contribution in [0.5, 0.6) is 0 Å². The summed E-state index contributed by atoms with van der Waals surface area (Å²) in [6, 6.07) is 0. The van der Waals surface area contributed by atoms with Gasteiger partial charge in [0.15, 0.2) is 0 Å². The Balaban J connectivity index is 1.72. The van der Waals surface area contributed by atoms with E-state index >= 15 is 0 Å². The van der Waals surface area contributed by atoms with Crippen LogP contribution < -0.4 is 0 Å². The predicted molar refractivity (Wildman–Crippen MR) is 149 cm³/mol. The first-order valence-corrected chi connectivity index (χ1v) is 14.9. The molecule has 3 fully saturated rings. The summed E-state index contributed by atoms with van der Waals surface area (Å²) in [4.78, 5) is 0. The fraction of sp³-hybridized carbons (Fsp3) is 0.812. The van der Waals surface area contributed by atoms with Crippen molar-refractivity contribution in [3.63, 3.8) is 0 Å². The van der Waals surface area contributed by atoms with E-state index in [1.165, 1.54) is 31.3 Å². The summed E-state index contributed by atoms with van der Waals surface area (Å²) < 4.78 is 6.35. The van der Waals surface area contributed by atoms with E-state index in [1.807, 2.05) is 0 Å². The Labute approximate surface area is 220 Å². The van der Waals surface area contributed by atoms with Gasteiger partial charge in [-0.05, 0) is 112 Å². The van der Waals surface area contributed by atoms with Crippen molar-refractivity contribution in [1.82, 2.24) is 0 Å². The average molecular weight is 503 g/mol. The van der Waals surface area contributed by atoms with E-state index in [4.69, 9.17) is 4.74 Å². The number of fused-ring (bicyclic) bond motifs is 1. The van der Waals surface area contributed by atoms with E-state index < -0.39 is 17.8 Å². The molecular formula is C32H54O4. The first kappa shape index (κ1) is 29.6. The molecule has 0 radical (unpaired) electrons. The topological polar surface area (TPSA) is 69.9 Å². The Kier molecular flexibility index (Phi) is 10.5. The van der Waals surface area contributed by atoms with Crippen molar-refractivity contribution in [2.24, 2.45) is 23.2 Å². The lowest BCUT2D eigenvalue weighted by Crippen LogP contribution is -2.40. The normalized spacial score (nSPS) is 35.3. The fourth-order valence-electron chi connectivity index (χ4n) is 7.82. The van der Waals surface area contributed by atoms with E-state index in [0.717, 1.165) is 56.3 Å². The lowest BCUT2D eigenvalue weighted by atomic mass is 9.60. The molecule has 0 aliphatic heterocycles. The second kappa shape index (κ2) is 12.7. The highest BCUT2D eigenvalue weighted by Crippen LogP contribution is 2.60. The summed E-state index contributed by atoms with van der Waals surface area (Å²) in [6.45, 7) is 16.1. The molecule has 0 heterocycles. The summed E-state index contributed by atoms with van der Waals surface area (Å²) >= 11 is 0. The van der Waals surface area contributed by atoms with E-state index in [-0.39, 0.29) is 11.5 Å². The molecule has 1 unspecified atom stereocenters. The van der Waals surface area contributed by atoms with Crippen molar-refractivity contribution in [2.45, 2.75) is 136 Å². The zero-order valence-corrected chi connectivity index (χ0v) is 23.8. The third-order valence-corrected chi connectivity index (χ3v) is 10.4. The second-order valence-corrected chi connectivity index (χ2v) is 12.3. The number of allylic oxidation sites excluding steroid dienone is 3. The van der Waals surface area contributed by atoms with Crippen molar-refractivity contribution in [3.8, 4) is 0 Å². The van der Waals surface area contributed by atoms with Crippen molar-refractivity contribution in [3.05, 3.63) is 35.5 Å². The van der Waals surface area contributed by atoms with Crippen LogP contribution in [0.15, 0.2) is 35.5 Å². The van der Waals surface area contributed by atoms with E-state index in [1.54, 1.807) is 0 Å². The molecule has 0 spiro atoms. The summed E-state index contributed by atoms with van der Waals surface area (Å²) in [5.41, 5.74) is 3.06. The van der Waals surface area contributed by atoms with Crippen LogP contribution in [0.4, 0.5) is 0 Å². The molecule has 0 aromatic heterocycles. The summed E-state index contributed by atoms with van der Waals surface area (Å²) in [7, 11) is 0. The number of rotatable bonds is 11. The molecule has 0 aromatic rings. The molecule has 206 valence electrons. The lowest BCUT2D eigenvalue weighted by molar-refractivity contribution is -0.0355. The quantitative estimate of drug-likeness (QED) is 0.288. The lowest BCUT2D eigenvalue weighted by Gasteiger charge is -2.46. The third-order valence-electron chi connectivity index (χ3n) is 10.4. The molecule has 0 aromatic carbocycles. The highest BCUT2D eigenvalue weighted by atomic mass is 16.5. The standard InChI is InChI=1S/C32H54O4/c1-7-32(35,8-2)19-11-13-30(36-9-3)23(5)27-16-17-28-24(12-10-18-31(27,28)6)14-15-25-20-26(33)21-29(34)22(25)4/h14-15,23,26-30,33-35H,4,7-13,16-21H2,1-3,5-6H3/b24-14+,25-15-/t23-,26-,27-,28+,29+,30?,31-/m1/s1. The fourth-order valence-corrected chi connectivity index (χ4v) is 7.82. The van der Waals surface area contributed by atoms with Gasteiger partial charge in [-0.1, -0.05) is 52.0 Å². The van der Waals surface area contributed by atoms with Crippen LogP contribution in [0.3, 0.4) is 0 Å². The summed E-state index contributed by atoms with van der Waals surface area (Å²) in [6.07, 6.45) is 15.2. The van der Waals surface area contributed by atoms with Gasteiger partial charge in [0.2, 0.25) is 0 Å². The van der Waals surface area contributed by atoms with Gasteiger partial charge in [-0.15, -0.1) is 0 Å². The van der Waals surface area contributed by atoms with Gasteiger partial charge in [0.05, 0.1) is 23.9 Å². The highest BCUT2D eigenvalue weighted by molar-refractivity contribution is 5.38. The molecule has 4 heteroatoms. The largest absolute Gasteiger partial charge is 0.393 e. The zero-order chi connectivity index (χ0) is 26.5. The number of hydrogen-bond donors (Lipinski definition) is 3. The van der Waals surface area contributed by atoms with Crippen molar-refractivity contribution in [2.75, 3.05) is 6.61 Å². The van der Waals surface area contributed by atoms with E-state index in [0.29, 0.717) is 30.6 Å². The number of aliphatic hydroxyl groups excluding tert-OH is 2. The molecule has 3 rings (SSSR count). The molecule has 7 atom stereocenters. The summed E-state index contributed by atoms with van der Waals surface area (Å²) in [5, 5.41) is 31.1. The van der Waals surface area contributed by atoms with E-state index in [9.17, 15) is 15.3 Å². The summed E-state index contributed by atoms with van der Waals surface area (Å²) in [5.74, 6) is 1.73. The van der Waals surface area contributed by atoms with Crippen LogP contribution in [-0.2, 0) is 4.74 Å². The van der Waals surface area contributed by atoms with Crippen molar-refractivity contribution >= 4 is 0 Å². The molecule has 36 heavy (non-hydrogen) atoms. The molecule has 0 saturated heterocycles. The van der Waals surface area contributed by atoms with Gasteiger partial charge in [-0.25, -0.2) is 0 Å².